The number of likely N-dealkylation sites (tertiary alicyclic amines) is 1. The van der Waals surface area contributed by atoms with E-state index in [0.717, 1.165) is 25.1 Å². The summed E-state index contributed by atoms with van der Waals surface area (Å²) in [5.74, 6) is 0.189. The highest BCUT2D eigenvalue weighted by Gasteiger charge is 2.29. The molecule has 0 radical (unpaired) electrons. The van der Waals surface area contributed by atoms with Gasteiger partial charge in [0.1, 0.15) is 5.76 Å². The molecule has 0 aromatic carbocycles. The topological polar surface area (TPSA) is 101 Å². The summed E-state index contributed by atoms with van der Waals surface area (Å²) in [7, 11) is 0. The summed E-state index contributed by atoms with van der Waals surface area (Å²) in [6.07, 6.45) is 6.35. The maximum Gasteiger partial charge on any atom is 0.273 e. The van der Waals surface area contributed by atoms with Gasteiger partial charge in [-0.2, -0.15) is 0 Å². The van der Waals surface area contributed by atoms with Crippen LogP contribution in [0.25, 0.3) is 0 Å². The Labute approximate surface area is 139 Å². The summed E-state index contributed by atoms with van der Waals surface area (Å²) < 4.78 is 5.02. The number of hydrogen-bond donors (Lipinski definition) is 1. The van der Waals surface area contributed by atoms with Crippen LogP contribution < -0.4 is 5.32 Å². The van der Waals surface area contributed by atoms with E-state index >= 15 is 0 Å². The maximum absolute atomic E-state index is 12.0. The predicted molar refractivity (Wildman–Crippen MR) is 83.8 cm³/mol. The first-order valence-electron chi connectivity index (χ1n) is 7.82. The summed E-state index contributed by atoms with van der Waals surface area (Å²) >= 11 is 0. The molecule has 0 saturated carbocycles. The third-order valence-corrected chi connectivity index (χ3v) is 4.09. The molecule has 2 aromatic rings. The molecule has 0 aliphatic carbocycles. The van der Waals surface area contributed by atoms with Gasteiger partial charge >= 0.3 is 0 Å². The Morgan fingerprint density at radius 3 is 2.96 bits per heavy atom. The molecule has 1 unspecified atom stereocenters. The molecule has 1 aliphatic heterocycles. The Balaban J connectivity index is 1.68. The number of aromatic nitrogens is 3. The number of carbonyl (C=O) groups excluding carboxylic acids is 2. The third-order valence-electron chi connectivity index (χ3n) is 4.09. The van der Waals surface area contributed by atoms with E-state index in [2.05, 4.69) is 20.3 Å². The monoisotopic (exact) mass is 329 g/mol. The number of carbonyl (C=O) groups is 2. The van der Waals surface area contributed by atoms with E-state index in [1.165, 1.54) is 6.39 Å². The lowest BCUT2D eigenvalue weighted by Gasteiger charge is -2.22. The normalized spacial score (nSPS) is 17.1. The number of nitrogens with one attached hydrogen (secondary N) is 1. The van der Waals surface area contributed by atoms with Crippen molar-refractivity contribution in [3.8, 4) is 0 Å². The minimum absolute atomic E-state index is 0.0385. The van der Waals surface area contributed by atoms with E-state index in [-0.39, 0.29) is 30.1 Å². The number of amides is 2. The van der Waals surface area contributed by atoms with Crippen LogP contribution in [0.2, 0.25) is 0 Å². The maximum atomic E-state index is 12.0. The lowest BCUT2D eigenvalue weighted by molar-refractivity contribution is -0.129. The second-order valence-corrected chi connectivity index (χ2v) is 5.75. The highest BCUT2D eigenvalue weighted by molar-refractivity contribution is 5.92. The van der Waals surface area contributed by atoms with Crippen molar-refractivity contribution in [2.45, 2.75) is 39.3 Å². The van der Waals surface area contributed by atoms with Crippen molar-refractivity contribution in [1.82, 2.24) is 25.2 Å². The van der Waals surface area contributed by atoms with Gasteiger partial charge in [-0.3, -0.25) is 19.6 Å². The van der Waals surface area contributed by atoms with E-state index < -0.39 is 0 Å². The van der Waals surface area contributed by atoms with Crippen LogP contribution in [0.1, 0.15) is 53.4 Å². The zero-order valence-electron chi connectivity index (χ0n) is 13.7. The molecule has 1 aliphatic rings. The fraction of sp³-hybridized carbons (Fsp3) is 0.438. The van der Waals surface area contributed by atoms with Gasteiger partial charge in [0.15, 0.2) is 12.1 Å². The van der Waals surface area contributed by atoms with Crippen molar-refractivity contribution in [3.63, 3.8) is 0 Å². The number of aryl methyl sites for hydroxylation is 1. The Morgan fingerprint density at radius 1 is 1.42 bits per heavy atom. The van der Waals surface area contributed by atoms with Crippen LogP contribution in [0, 0.1) is 6.92 Å². The lowest BCUT2D eigenvalue weighted by atomic mass is 10.1. The van der Waals surface area contributed by atoms with Gasteiger partial charge in [-0.05, 0) is 19.8 Å². The summed E-state index contributed by atoms with van der Waals surface area (Å²) in [6, 6.07) is -0.0385. The van der Waals surface area contributed by atoms with Crippen LogP contribution in [-0.4, -0.2) is 38.2 Å². The quantitative estimate of drug-likeness (QED) is 0.909. The van der Waals surface area contributed by atoms with Crippen LogP contribution in [0.5, 0.6) is 0 Å². The molecule has 8 nitrogen and oxygen atoms in total. The van der Waals surface area contributed by atoms with Crippen LogP contribution >= 0.6 is 0 Å². The number of nitrogens with zero attached hydrogens (tertiary/aromatic N) is 4. The second kappa shape index (κ2) is 6.77. The zero-order chi connectivity index (χ0) is 17.1. The minimum Gasteiger partial charge on any atom is -0.448 e. The summed E-state index contributed by atoms with van der Waals surface area (Å²) in [6.45, 7) is 4.22. The fourth-order valence-electron chi connectivity index (χ4n) is 2.90. The summed E-state index contributed by atoms with van der Waals surface area (Å²) in [4.78, 5) is 38.2. The molecule has 24 heavy (non-hydrogen) atoms. The molecule has 3 heterocycles. The largest absolute Gasteiger partial charge is 0.448 e. The first kappa shape index (κ1) is 16.1. The average Bonchev–Trinajstić information content (AvgIpc) is 3.21. The molecule has 1 N–H and O–H groups in total. The highest BCUT2D eigenvalue weighted by atomic mass is 16.3. The van der Waals surface area contributed by atoms with Gasteiger partial charge < -0.3 is 14.6 Å². The lowest BCUT2D eigenvalue weighted by Crippen LogP contribution is -2.29. The van der Waals surface area contributed by atoms with Gasteiger partial charge in [0, 0.05) is 13.5 Å². The van der Waals surface area contributed by atoms with E-state index in [0.29, 0.717) is 11.5 Å². The highest BCUT2D eigenvalue weighted by Crippen LogP contribution is 2.30. The molecular formula is C16H19N5O3. The van der Waals surface area contributed by atoms with Crippen LogP contribution in [0.15, 0.2) is 23.2 Å². The van der Waals surface area contributed by atoms with Gasteiger partial charge in [-0.1, -0.05) is 0 Å². The SMILES string of the molecule is CC(=O)N1CCCC1c1cncc(CNC(=O)c2ncoc2C)n1. The number of oxazole rings is 1. The molecule has 0 bridgehead atoms. The minimum atomic E-state index is -0.320. The van der Waals surface area contributed by atoms with Gasteiger partial charge in [-0.15, -0.1) is 0 Å². The first-order chi connectivity index (χ1) is 11.6. The molecule has 3 rings (SSSR count). The van der Waals surface area contributed by atoms with E-state index in [1.54, 1.807) is 26.2 Å². The molecule has 1 saturated heterocycles. The van der Waals surface area contributed by atoms with E-state index in [4.69, 9.17) is 4.42 Å². The van der Waals surface area contributed by atoms with Crippen molar-refractivity contribution in [2.75, 3.05) is 6.54 Å². The van der Waals surface area contributed by atoms with Crippen LogP contribution in [0.4, 0.5) is 0 Å². The molecule has 126 valence electrons. The number of rotatable bonds is 4. The predicted octanol–water partition coefficient (Wildman–Crippen LogP) is 1.39. The van der Waals surface area contributed by atoms with Crippen molar-refractivity contribution < 1.29 is 14.0 Å². The van der Waals surface area contributed by atoms with E-state index in [9.17, 15) is 9.59 Å². The van der Waals surface area contributed by atoms with Crippen molar-refractivity contribution >= 4 is 11.8 Å². The molecule has 1 fully saturated rings. The molecule has 8 heteroatoms. The molecule has 1 atom stereocenters. The smallest absolute Gasteiger partial charge is 0.273 e. The van der Waals surface area contributed by atoms with Gasteiger partial charge in [0.25, 0.3) is 5.91 Å². The molecular weight excluding hydrogens is 310 g/mol. The Morgan fingerprint density at radius 2 is 2.25 bits per heavy atom. The zero-order valence-corrected chi connectivity index (χ0v) is 13.7. The standard InChI is InChI=1S/C16H19N5O3/c1-10-15(19-9-24-10)16(23)18-7-12-6-17-8-13(20-12)14-4-3-5-21(14)11(2)22/h6,8-9,14H,3-5,7H2,1-2H3,(H,18,23). The molecule has 2 amide bonds. The van der Waals surface area contributed by atoms with Gasteiger partial charge in [0.05, 0.1) is 36.4 Å². The number of hydrogen-bond acceptors (Lipinski definition) is 6. The Kier molecular flexibility index (Phi) is 4.54. The Hall–Kier alpha value is -2.77. The molecule has 0 spiro atoms. The second-order valence-electron chi connectivity index (χ2n) is 5.75. The Bertz CT molecular complexity index is 758. The summed E-state index contributed by atoms with van der Waals surface area (Å²) in [5, 5.41) is 2.75. The van der Waals surface area contributed by atoms with Crippen LogP contribution in [0.3, 0.4) is 0 Å². The van der Waals surface area contributed by atoms with Crippen LogP contribution in [-0.2, 0) is 11.3 Å². The average molecular weight is 329 g/mol. The first-order valence-corrected chi connectivity index (χ1v) is 7.82. The third kappa shape index (κ3) is 3.27. The summed E-state index contributed by atoms with van der Waals surface area (Å²) in [5.41, 5.74) is 1.65. The van der Waals surface area contributed by atoms with Crippen molar-refractivity contribution in [3.05, 3.63) is 41.6 Å². The van der Waals surface area contributed by atoms with Crippen molar-refractivity contribution in [1.29, 1.82) is 0 Å². The van der Waals surface area contributed by atoms with E-state index in [1.807, 2.05) is 4.90 Å². The van der Waals surface area contributed by atoms with Crippen molar-refractivity contribution in [2.24, 2.45) is 0 Å². The van der Waals surface area contributed by atoms with Gasteiger partial charge in [-0.25, -0.2) is 4.98 Å². The molecule has 2 aromatic heterocycles. The fourth-order valence-corrected chi connectivity index (χ4v) is 2.90. The van der Waals surface area contributed by atoms with Gasteiger partial charge in [0.2, 0.25) is 5.91 Å².